The highest BCUT2D eigenvalue weighted by Gasteiger charge is 2.08. The second-order valence-corrected chi connectivity index (χ2v) is 6.47. The maximum Gasteiger partial charge on any atom is 0.251 e. The number of hydrogen-bond donors (Lipinski definition) is 1. The predicted molar refractivity (Wildman–Crippen MR) is 110 cm³/mol. The smallest absolute Gasteiger partial charge is 0.251 e. The number of amides is 1. The summed E-state index contributed by atoms with van der Waals surface area (Å²) < 4.78 is 7.36. The number of aromatic nitrogens is 2. The molecule has 0 saturated carbocycles. The second-order valence-electron chi connectivity index (χ2n) is 6.47. The number of hydrogen-bond acceptors (Lipinski definition) is 3. The van der Waals surface area contributed by atoms with Gasteiger partial charge in [0.05, 0.1) is 18.1 Å². The van der Waals surface area contributed by atoms with Crippen molar-refractivity contribution in [1.29, 1.82) is 0 Å². The van der Waals surface area contributed by atoms with E-state index in [1.165, 1.54) is 0 Å². The highest BCUT2D eigenvalue weighted by atomic mass is 16.5. The fourth-order valence-electron chi connectivity index (χ4n) is 3.26. The summed E-state index contributed by atoms with van der Waals surface area (Å²) in [4.78, 5) is 16.8. The molecule has 5 nitrogen and oxygen atoms in total. The van der Waals surface area contributed by atoms with Crippen LogP contribution in [-0.4, -0.2) is 29.1 Å². The van der Waals surface area contributed by atoms with Crippen LogP contribution < -0.4 is 10.1 Å². The van der Waals surface area contributed by atoms with Crippen LogP contribution in [0.15, 0.2) is 79.1 Å². The summed E-state index contributed by atoms with van der Waals surface area (Å²) in [5.41, 5.74) is 4.66. The third-order valence-electron chi connectivity index (χ3n) is 4.73. The maximum atomic E-state index is 12.4. The van der Waals surface area contributed by atoms with Crippen molar-refractivity contribution < 1.29 is 9.53 Å². The molecule has 0 bridgehead atoms. The number of ether oxygens (including phenoxy) is 1. The number of benzene rings is 3. The minimum Gasteiger partial charge on any atom is -0.496 e. The number of rotatable bonds is 6. The van der Waals surface area contributed by atoms with Gasteiger partial charge in [-0.25, -0.2) is 4.98 Å². The van der Waals surface area contributed by atoms with Crippen molar-refractivity contribution in [3.05, 3.63) is 90.3 Å². The number of para-hydroxylation sites is 3. The molecule has 28 heavy (non-hydrogen) atoms. The Morgan fingerprint density at radius 3 is 2.57 bits per heavy atom. The minimum atomic E-state index is -0.0862. The van der Waals surface area contributed by atoms with Crippen LogP contribution in [-0.2, 0) is 6.42 Å². The molecule has 1 N–H and O–H groups in total. The topological polar surface area (TPSA) is 56.1 Å². The van der Waals surface area contributed by atoms with E-state index in [0.29, 0.717) is 12.1 Å². The average molecular weight is 371 g/mol. The highest BCUT2D eigenvalue weighted by Crippen LogP contribution is 2.19. The van der Waals surface area contributed by atoms with E-state index in [1.807, 2.05) is 77.4 Å². The van der Waals surface area contributed by atoms with Crippen molar-refractivity contribution in [2.45, 2.75) is 6.42 Å². The van der Waals surface area contributed by atoms with E-state index in [2.05, 4.69) is 10.3 Å². The van der Waals surface area contributed by atoms with E-state index in [9.17, 15) is 4.79 Å². The summed E-state index contributed by atoms with van der Waals surface area (Å²) in [7, 11) is 1.66. The summed E-state index contributed by atoms with van der Waals surface area (Å²) >= 11 is 0. The number of fused-ring (bicyclic) bond motifs is 1. The van der Waals surface area contributed by atoms with E-state index in [-0.39, 0.29) is 5.91 Å². The number of carbonyl (C=O) groups excluding carboxylic acids is 1. The summed E-state index contributed by atoms with van der Waals surface area (Å²) in [5, 5.41) is 2.97. The van der Waals surface area contributed by atoms with Crippen molar-refractivity contribution in [3.63, 3.8) is 0 Å². The summed E-state index contributed by atoms with van der Waals surface area (Å²) in [6.45, 7) is 0.549. The van der Waals surface area contributed by atoms with Crippen molar-refractivity contribution in [2.75, 3.05) is 13.7 Å². The normalized spacial score (nSPS) is 10.8. The quantitative estimate of drug-likeness (QED) is 0.557. The van der Waals surface area contributed by atoms with Gasteiger partial charge in [-0.05, 0) is 54.4 Å². The van der Waals surface area contributed by atoms with E-state index < -0.39 is 0 Å². The zero-order valence-corrected chi connectivity index (χ0v) is 15.6. The Kier molecular flexibility index (Phi) is 5.06. The lowest BCUT2D eigenvalue weighted by Crippen LogP contribution is -2.25. The standard InChI is InChI=1S/C23H21N3O2/c1-28-22-9-5-2-6-17(22)14-15-24-23(27)18-10-12-19(13-11-18)26-16-25-20-7-3-4-8-21(20)26/h2-13,16H,14-15H2,1H3,(H,24,27). The number of nitrogens with one attached hydrogen (secondary N) is 1. The van der Waals surface area contributed by atoms with Gasteiger partial charge in [0.1, 0.15) is 12.1 Å². The Hall–Kier alpha value is -3.60. The molecular formula is C23H21N3O2. The van der Waals surface area contributed by atoms with Gasteiger partial charge in [0, 0.05) is 17.8 Å². The summed E-state index contributed by atoms with van der Waals surface area (Å²) in [6.07, 6.45) is 2.52. The first-order valence-electron chi connectivity index (χ1n) is 9.19. The van der Waals surface area contributed by atoms with Crippen molar-refractivity contribution >= 4 is 16.9 Å². The van der Waals surface area contributed by atoms with Gasteiger partial charge in [-0.15, -0.1) is 0 Å². The van der Waals surface area contributed by atoms with Crippen LogP contribution in [0.25, 0.3) is 16.7 Å². The molecule has 0 fully saturated rings. The van der Waals surface area contributed by atoms with Crippen LogP contribution in [0.2, 0.25) is 0 Å². The molecule has 0 saturated heterocycles. The molecule has 4 aromatic rings. The van der Waals surface area contributed by atoms with Crippen molar-refractivity contribution in [2.24, 2.45) is 0 Å². The molecule has 0 spiro atoms. The largest absolute Gasteiger partial charge is 0.496 e. The zero-order chi connectivity index (χ0) is 19.3. The lowest BCUT2D eigenvalue weighted by atomic mass is 10.1. The van der Waals surface area contributed by atoms with Gasteiger partial charge in [-0.2, -0.15) is 0 Å². The van der Waals surface area contributed by atoms with Gasteiger partial charge in [-0.1, -0.05) is 30.3 Å². The third kappa shape index (κ3) is 3.60. The van der Waals surface area contributed by atoms with Gasteiger partial charge in [-0.3, -0.25) is 9.36 Å². The van der Waals surface area contributed by atoms with E-state index in [1.54, 1.807) is 13.4 Å². The van der Waals surface area contributed by atoms with Gasteiger partial charge in [0.2, 0.25) is 0 Å². The Morgan fingerprint density at radius 1 is 1.00 bits per heavy atom. The Balaban J connectivity index is 1.41. The number of imidazole rings is 1. The summed E-state index contributed by atoms with van der Waals surface area (Å²) in [6, 6.07) is 23.4. The van der Waals surface area contributed by atoms with Crippen molar-refractivity contribution in [3.8, 4) is 11.4 Å². The third-order valence-corrected chi connectivity index (χ3v) is 4.73. The van der Waals surface area contributed by atoms with Crippen molar-refractivity contribution in [1.82, 2.24) is 14.9 Å². The van der Waals surface area contributed by atoms with Crippen LogP contribution in [0.5, 0.6) is 5.75 Å². The number of nitrogens with zero attached hydrogens (tertiary/aromatic N) is 2. The summed E-state index contributed by atoms with van der Waals surface area (Å²) in [5.74, 6) is 0.755. The van der Waals surface area contributed by atoms with Crippen LogP contribution in [0.3, 0.4) is 0 Å². The average Bonchev–Trinajstić information content (AvgIpc) is 3.18. The zero-order valence-electron chi connectivity index (χ0n) is 15.6. The van der Waals surface area contributed by atoms with Gasteiger partial charge in [0.25, 0.3) is 5.91 Å². The first-order valence-corrected chi connectivity index (χ1v) is 9.19. The van der Waals surface area contributed by atoms with Crippen LogP contribution >= 0.6 is 0 Å². The molecule has 0 aliphatic heterocycles. The van der Waals surface area contributed by atoms with Crippen LogP contribution in [0.4, 0.5) is 0 Å². The second kappa shape index (κ2) is 7.96. The molecule has 0 unspecified atom stereocenters. The molecule has 1 amide bonds. The Morgan fingerprint density at radius 2 is 1.75 bits per heavy atom. The fourth-order valence-corrected chi connectivity index (χ4v) is 3.26. The van der Waals surface area contributed by atoms with E-state index in [4.69, 9.17) is 4.74 Å². The lowest BCUT2D eigenvalue weighted by molar-refractivity contribution is 0.0954. The predicted octanol–water partition coefficient (Wildman–Crippen LogP) is 4.01. The first-order chi connectivity index (χ1) is 13.8. The van der Waals surface area contributed by atoms with E-state index in [0.717, 1.165) is 34.5 Å². The molecule has 140 valence electrons. The molecule has 0 radical (unpaired) electrons. The van der Waals surface area contributed by atoms with Gasteiger partial charge >= 0.3 is 0 Å². The molecule has 1 aromatic heterocycles. The van der Waals surface area contributed by atoms with E-state index >= 15 is 0 Å². The molecule has 0 atom stereocenters. The van der Waals surface area contributed by atoms with Crippen LogP contribution in [0, 0.1) is 0 Å². The number of methoxy groups -OCH3 is 1. The Bertz CT molecular complexity index is 1100. The number of carbonyl (C=O) groups is 1. The molecule has 0 aliphatic carbocycles. The van der Waals surface area contributed by atoms with Gasteiger partial charge < -0.3 is 10.1 Å². The first kappa shape index (κ1) is 17.8. The fraction of sp³-hybridized carbons (Fsp3) is 0.130. The highest BCUT2D eigenvalue weighted by molar-refractivity contribution is 5.94. The lowest BCUT2D eigenvalue weighted by Gasteiger charge is -2.10. The molecule has 1 heterocycles. The molecule has 4 rings (SSSR count). The molecule has 5 heteroatoms. The Labute approximate surface area is 163 Å². The molecular weight excluding hydrogens is 350 g/mol. The van der Waals surface area contributed by atoms with Crippen LogP contribution in [0.1, 0.15) is 15.9 Å². The molecule has 0 aliphatic rings. The monoisotopic (exact) mass is 371 g/mol. The minimum absolute atomic E-state index is 0.0862. The van der Waals surface area contributed by atoms with Gasteiger partial charge in [0.15, 0.2) is 0 Å². The molecule has 3 aromatic carbocycles. The maximum absolute atomic E-state index is 12.4. The SMILES string of the molecule is COc1ccccc1CCNC(=O)c1ccc(-n2cnc3ccccc32)cc1.